The van der Waals surface area contributed by atoms with E-state index in [4.69, 9.17) is 16.3 Å². The van der Waals surface area contributed by atoms with Crippen molar-refractivity contribution in [1.82, 2.24) is 9.97 Å². The minimum absolute atomic E-state index is 0.0835. The molecule has 0 spiro atoms. The third-order valence-corrected chi connectivity index (χ3v) is 2.86. The van der Waals surface area contributed by atoms with Crippen molar-refractivity contribution in [1.29, 1.82) is 0 Å². The normalized spacial score (nSPS) is 10.7. The van der Waals surface area contributed by atoms with Gasteiger partial charge >= 0.3 is 0 Å². The topological polar surface area (TPSA) is 47.0 Å². The van der Waals surface area contributed by atoms with Crippen LogP contribution in [0.5, 0.6) is 5.88 Å². The zero-order valence-electron chi connectivity index (χ0n) is 11.9. The summed E-state index contributed by atoms with van der Waals surface area (Å²) in [6, 6.07) is 9.66. The van der Waals surface area contributed by atoms with Gasteiger partial charge in [-0.05, 0) is 38.5 Å². The molecule has 0 fully saturated rings. The molecule has 0 unspecified atom stereocenters. The monoisotopic (exact) mass is 291 g/mol. The van der Waals surface area contributed by atoms with Crippen LogP contribution in [-0.2, 0) is 5.88 Å². The van der Waals surface area contributed by atoms with Crippen molar-refractivity contribution in [2.75, 3.05) is 5.32 Å². The number of halogens is 1. The number of ether oxygens (including phenoxy) is 1. The van der Waals surface area contributed by atoms with Gasteiger partial charge in [0.2, 0.25) is 11.8 Å². The van der Waals surface area contributed by atoms with Crippen molar-refractivity contribution >= 4 is 23.2 Å². The number of hydrogen-bond acceptors (Lipinski definition) is 4. The van der Waals surface area contributed by atoms with Crippen molar-refractivity contribution in [3.8, 4) is 5.88 Å². The van der Waals surface area contributed by atoms with E-state index in [1.165, 1.54) is 0 Å². The molecule has 0 aliphatic heterocycles. The summed E-state index contributed by atoms with van der Waals surface area (Å²) in [5.41, 5.74) is 2.85. The minimum Gasteiger partial charge on any atom is -0.475 e. The Morgan fingerprint density at radius 1 is 1.20 bits per heavy atom. The molecule has 2 aromatic rings. The SMILES string of the molecule is Cc1cc(OC(C)C)nc(Nc2ccc(CCl)cc2)n1. The van der Waals surface area contributed by atoms with Crippen LogP contribution in [0.1, 0.15) is 25.1 Å². The number of benzene rings is 1. The maximum Gasteiger partial charge on any atom is 0.230 e. The van der Waals surface area contributed by atoms with Crippen LogP contribution in [0.4, 0.5) is 11.6 Å². The maximum absolute atomic E-state index is 5.77. The Labute approximate surface area is 124 Å². The summed E-state index contributed by atoms with van der Waals surface area (Å²) in [4.78, 5) is 8.69. The molecule has 20 heavy (non-hydrogen) atoms. The standard InChI is InChI=1S/C15H18ClN3O/c1-10(2)20-14-8-11(3)17-15(19-14)18-13-6-4-12(9-16)5-7-13/h4-8,10H,9H2,1-3H3,(H,17,18,19). The quantitative estimate of drug-likeness (QED) is 0.844. The van der Waals surface area contributed by atoms with E-state index in [9.17, 15) is 0 Å². The summed E-state index contributed by atoms with van der Waals surface area (Å²) in [5.74, 6) is 1.61. The number of alkyl halides is 1. The van der Waals surface area contributed by atoms with Crippen LogP contribution >= 0.6 is 11.6 Å². The Kier molecular flexibility index (Phi) is 4.79. The first-order valence-corrected chi connectivity index (χ1v) is 7.04. The van der Waals surface area contributed by atoms with E-state index in [1.54, 1.807) is 0 Å². The molecule has 2 rings (SSSR count). The largest absolute Gasteiger partial charge is 0.475 e. The highest BCUT2D eigenvalue weighted by atomic mass is 35.5. The molecule has 0 aliphatic rings. The summed E-state index contributed by atoms with van der Waals surface area (Å²) in [7, 11) is 0. The Morgan fingerprint density at radius 3 is 2.50 bits per heavy atom. The third-order valence-electron chi connectivity index (χ3n) is 2.55. The van der Waals surface area contributed by atoms with Gasteiger partial charge in [0.1, 0.15) is 0 Å². The van der Waals surface area contributed by atoms with Crippen LogP contribution in [0.2, 0.25) is 0 Å². The van der Waals surface area contributed by atoms with Crippen LogP contribution in [0.3, 0.4) is 0 Å². The summed E-state index contributed by atoms with van der Waals surface area (Å²) in [5, 5.41) is 3.16. The molecular formula is C15H18ClN3O. The predicted molar refractivity (Wildman–Crippen MR) is 81.8 cm³/mol. The van der Waals surface area contributed by atoms with E-state index in [0.717, 1.165) is 16.9 Å². The van der Waals surface area contributed by atoms with Gasteiger partial charge in [-0.3, -0.25) is 0 Å². The zero-order valence-corrected chi connectivity index (χ0v) is 12.6. The zero-order chi connectivity index (χ0) is 14.5. The van der Waals surface area contributed by atoms with Crippen molar-refractivity contribution < 1.29 is 4.74 Å². The fourth-order valence-corrected chi connectivity index (χ4v) is 1.88. The third kappa shape index (κ3) is 4.10. The molecule has 106 valence electrons. The van der Waals surface area contributed by atoms with Gasteiger partial charge in [0.15, 0.2) is 0 Å². The molecule has 0 aliphatic carbocycles. The van der Waals surface area contributed by atoms with Gasteiger partial charge in [0, 0.05) is 23.3 Å². The average molecular weight is 292 g/mol. The van der Waals surface area contributed by atoms with Crippen molar-refractivity contribution in [3.05, 3.63) is 41.6 Å². The van der Waals surface area contributed by atoms with Crippen LogP contribution in [-0.4, -0.2) is 16.1 Å². The highest BCUT2D eigenvalue weighted by Gasteiger charge is 2.05. The first kappa shape index (κ1) is 14.6. The molecule has 0 radical (unpaired) electrons. The van der Waals surface area contributed by atoms with Crippen LogP contribution in [0.25, 0.3) is 0 Å². The molecule has 4 nitrogen and oxygen atoms in total. The maximum atomic E-state index is 5.77. The van der Waals surface area contributed by atoms with Crippen LogP contribution < -0.4 is 10.1 Å². The first-order valence-electron chi connectivity index (χ1n) is 6.51. The molecule has 0 atom stereocenters. The van der Waals surface area contributed by atoms with Crippen LogP contribution in [0, 0.1) is 6.92 Å². The molecule has 0 bridgehead atoms. The molecule has 0 saturated heterocycles. The van der Waals surface area contributed by atoms with Crippen molar-refractivity contribution in [2.24, 2.45) is 0 Å². The smallest absolute Gasteiger partial charge is 0.230 e. The van der Waals surface area contributed by atoms with Crippen molar-refractivity contribution in [3.63, 3.8) is 0 Å². The second-order valence-electron chi connectivity index (χ2n) is 4.79. The Morgan fingerprint density at radius 2 is 1.90 bits per heavy atom. The fraction of sp³-hybridized carbons (Fsp3) is 0.333. The number of hydrogen-bond donors (Lipinski definition) is 1. The average Bonchev–Trinajstić information content (AvgIpc) is 2.38. The molecule has 0 saturated carbocycles. The Hall–Kier alpha value is -1.81. The molecule has 1 N–H and O–H groups in total. The molecular weight excluding hydrogens is 274 g/mol. The number of aromatic nitrogens is 2. The Bertz CT molecular complexity index is 570. The number of nitrogens with zero attached hydrogens (tertiary/aromatic N) is 2. The summed E-state index contributed by atoms with van der Waals surface area (Å²) in [6.45, 7) is 5.85. The Balaban J connectivity index is 2.17. The number of nitrogens with one attached hydrogen (secondary N) is 1. The summed E-state index contributed by atoms with van der Waals surface area (Å²) in [6.07, 6.45) is 0.0835. The van der Waals surface area contributed by atoms with Gasteiger partial charge in [-0.2, -0.15) is 4.98 Å². The first-order chi connectivity index (χ1) is 9.56. The molecule has 5 heteroatoms. The van der Waals surface area contributed by atoms with E-state index in [0.29, 0.717) is 17.7 Å². The fourth-order valence-electron chi connectivity index (χ4n) is 1.70. The van der Waals surface area contributed by atoms with Crippen molar-refractivity contribution in [2.45, 2.75) is 32.8 Å². The molecule has 1 heterocycles. The number of anilines is 2. The predicted octanol–water partition coefficient (Wildman–Crippen LogP) is 4.05. The van der Waals surface area contributed by atoms with Gasteiger partial charge < -0.3 is 10.1 Å². The highest BCUT2D eigenvalue weighted by Crippen LogP contribution is 2.18. The van der Waals surface area contributed by atoms with E-state index in [1.807, 2.05) is 51.1 Å². The van der Waals surface area contributed by atoms with E-state index >= 15 is 0 Å². The highest BCUT2D eigenvalue weighted by molar-refractivity contribution is 6.17. The van der Waals surface area contributed by atoms with Gasteiger partial charge in [-0.15, -0.1) is 11.6 Å². The number of aryl methyl sites for hydroxylation is 1. The lowest BCUT2D eigenvalue weighted by Crippen LogP contribution is -2.09. The lowest BCUT2D eigenvalue weighted by molar-refractivity contribution is 0.232. The molecule has 0 amide bonds. The van der Waals surface area contributed by atoms with E-state index in [2.05, 4.69) is 15.3 Å². The molecule has 1 aromatic heterocycles. The lowest BCUT2D eigenvalue weighted by atomic mass is 10.2. The van der Waals surface area contributed by atoms with Gasteiger partial charge in [-0.1, -0.05) is 12.1 Å². The summed E-state index contributed by atoms with van der Waals surface area (Å²) >= 11 is 5.77. The second-order valence-corrected chi connectivity index (χ2v) is 5.06. The van der Waals surface area contributed by atoms with Gasteiger partial charge in [0.05, 0.1) is 6.10 Å². The second kappa shape index (κ2) is 6.57. The lowest BCUT2D eigenvalue weighted by Gasteiger charge is -2.11. The van der Waals surface area contributed by atoms with E-state index in [-0.39, 0.29) is 6.10 Å². The minimum atomic E-state index is 0.0835. The van der Waals surface area contributed by atoms with Crippen LogP contribution in [0.15, 0.2) is 30.3 Å². The van der Waals surface area contributed by atoms with E-state index < -0.39 is 0 Å². The summed E-state index contributed by atoms with van der Waals surface area (Å²) < 4.78 is 5.60. The van der Waals surface area contributed by atoms with Gasteiger partial charge in [-0.25, -0.2) is 4.98 Å². The molecule has 1 aromatic carbocycles. The number of rotatable bonds is 5. The van der Waals surface area contributed by atoms with Gasteiger partial charge in [0.25, 0.3) is 0 Å².